The molecule has 0 spiro atoms. The highest BCUT2D eigenvalue weighted by molar-refractivity contribution is 7.09. The molecule has 0 N–H and O–H groups in total. The fraction of sp³-hybridized carbons (Fsp3) is 0.250. The van der Waals surface area contributed by atoms with E-state index in [1.54, 1.807) is 35.4 Å². The smallest absolute Gasteiger partial charge is 0.289 e. The van der Waals surface area contributed by atoms with Crippen LogP contribution in [0.2, 0.25) is 5.22 Å². The first kappa shape index (κ1) is 12.2. The SMILES string of the molecule is CN(CCc1cccs1)C(=O)c1ccc(Cl)o1. The number of halogens is 1. The van der Waals surface area contributed by atoms with E-state index >= 15 is 0 Å². The van der Waals surface area contributed by atoms with Gasteiger partial charge in [0, 0.05) is 18.5 Å². The van der Waals surface area contributed by atoms with Crippen LogP contribution in [0, 0.1) is 0 Å². The number of likely N-dealkylation sites (N-methyl/N-ethyl adjacent to an activating group) is 1. The van der Waals surface area contributed by atoms with Crippen molar-refractivity contribution in [3.63, 3.8) is 0 Å². The molecule has 0 saturated carbocycles. The normalized spacial score (nSPS) is 10.5. The van der Waals surface area contributed by atoms with Gasteiger partial charge in [-0.1, -0.05) is 6.07 Å². The Morgan fingerprint density at radius 1 is 1.47 bits per heavy atom. The molecule has 0 aromatic carbocycles. The van der Waals surface area contributed by atoms with Gasteiger partial charge in [0.2, 0.25) is 0 Å². The fourth-order valence-corrected chi connectivity index (χ4v) is 2.30. The van der Waals surface area contributed by atoms with Gasteiger partial charge in [-0.25, -0.2) is 0 Å². The number of thiophene rings is 1. The van der Waals surface area contributed by atoms with Crippen LogP contribution in [0.3, 0.4) is 0 Å². The molecule has 0 aliphatic carbocycles. The predicted molar refractivity (Wildman–Crippen MR) is 68.7 cm³/mol. The van der Waals surface area contributed by atoms with E-state index in [2.05, 4.69) is 6.07 Å². The maximum absolute atomic E-state index is 11.9. The molecule has 17 heavy (non-hydrogen) atoms. The highest BCUT2D eigenvalue weighted by Crippen LogP contribution is 2.15. The van der Waals surface area contributed by atoms with Gasteiger partial charge in [0.15, 0.2) is 11.0 Å². The summed E-state index contributed by atoms with van der Waals surface area (Å²) in [4.78, 5) is 14.8. The maximum atomic E-state index is 11.9. The number of furan rings is 1. The van der Waals surface area contributed by atoms with Crippen LogP contribution in [0.4, 0.5) is 0 Å². The molecule has 2 aromatic heterocycles. The van der Waals surface area contributed by atoms with Gasteiger partial charge in [0.1, 0.15) is 0 Å². The molecule has 0 unspecified atom stereocenters. The fourth-order valence-electron chi connectivity index (χ4n) is 1.45. The van der Waals surface area contributed by atoms with E-state index < -0.39 is 0 Å². The number of hydrogen-bond donors (Lipinski definition) is 0. The molecule has 2 heterocycles. The Morgan fingerprint density at radius 2 is 2.29 bits per heavy atom. The Labute approximate surface area is 109 Å². The van der Waals surface area contributed by atoms with Crippen LogP contribution in [0.5, 0.6) is 0 Å². The van der Waals surface area contributed by atoms with Crippen LogP contribution in [0.1, 0.15) is 15.4 Å². The van der Waals surface area contributed by atoms with Crippen LogP contribution < -0.4 is 0 Å². The zero-order chi connectivity index (χ0) is 12.3. The van der Waals surface area contributed by atoms with Crippen molar-refractivity contribution in [2.45, 2.75) is 6.42 Å². The van der Waals surface area contributed by atoms with Gasteiger partial charge in [0.05, 0.1) is 0 Å². The Bertz CT molecular complexity index is 492. The average Bonchev–Trinajstić information content (AvgIpc) is 2.95. The van der Waals surface area contributed by atoms with E-state index in [1.165, 1.54) is 4.88 Å². The minimum atomic E-state index is -0.145. The molecule has 0 fully saturated rings. The number of hydrogen-bond acceptors (Lipinski definition) is 3. The summed E-state index contributed by atoms with van der Waals surface area (Å²) in [6.45, 7) is 0.664. The quantitative estimate of drug-likeness (QED) is 0.853. The predicted octanol–water partition coefficient (Wildman–Crippen LogP) is 3.31. The van der Waals surface area contributed by atoms with E-state index in [4.69, 9.17) is 16.0 Å². The van der Waals surface area contributed by atoms with Crippen molar-refractivity contribution in [3.8, 4) is 0 Å². The number of carbonyl (C=O) groups is 1. The monoisotopic (exact) mass is 269 g/mol. The summed E-state index contributed by atoms with van der Waals surface area (Å²) >= 11 is 7.33. The largest absolute Gasteiger partial charge is 0.440 e. The molecule has 0 saturated heterocycles. The lowest BCUT2D eigenvalue weighted by atomic mass is 10.3. The highest BCUT2D eigenvalue weighted by Gasteiger charge is 2.15. The maximum Gasteiger partial charge on any atom is 0.289 e. The van der Waals surface area contributed by atoms with Crippen LogP contribution in [0.15, 0.2) is 34.1 Å². The van der Waals surface area contributed by atoms with Crippen molar-refractivity contribution >= 4 is 28.8 Å². The van der Waals surface area contributed by atoms with E-state index in [9.17, 15) is 4.79 Å². The van der Waals surface area contributed by atoms with Crippen molar-refractivity contribution in [3.05, 3.63) is 45.5 Å². The van der Waals surface area contributed by atoms with Gasteiger partial charge in [-0.05, 0) is 41.6 Å². The molecule has 2 rings (SSSR count). The third kappa shape index (κ3) is 3.11. The van der Waals surface area contributed by atoms with Gasteiger partial charge in [-0.2, -0.15) is 0 Å². The lowest BCUT2D eigenvalue weighted by Crippen LogP contribution is -2.28. The van der Waals surface area contributed by atoms with Gasteiger partial charge < -0.3 is 9.32 Å². The van der Waals surface area contributed by atoms with E-state index in [0.717, 1.165) is 6.42 Å². The van der Waals surface area contributed by atoms with E-state index in [-0.39, 0.29) is 16.9 Å². The van der Waals surface area contributed by atoms with Gasteiger partial charge in [-0.15, -0.1) is 11.3 Å². The average molecular weight is 270 g/mol. The highest BCUT2D eigenvalue weighted by atomic mass is 35.5. The summed E-state index contributed by atoms with van der Waals surface area (Å²) in [6.07, 6.45) is 0.856. The summed E-state index contributed by atoms with van der Waals surface area (Å²) in [6, 6.07) is 7.23. The van der Waals surface area contributed by atoms with Crippen LogP contribution in [0.25, 0.3) is 0 Å². The second-order valence-corrected chi connectivity index (χ2v) is 5.06. The first-order valence-electron chi connectivity index (χ1n) is 5.20. The number of rotatable bonds is 4. The molecular weight excluding hydrogens is 258 g/mol. The molecule has 0 bridgehead atoms. The summed E-state index contributed by atoms with van der Waals surface area (Å²) in [5, 5.41) is 2.27. The van der Waals surface area contributed by atoms with Crippen molar-refractivity contribution in [1.29, 1.82) is 0 Å². The number of carbonyl (C=O) groups excluding carboxylic acids is 1. The lowest BCUT2D eigenvalue weighted by molar-refractivity contribution is 0.0765. The third-order valence-corrected chi connectivity index (χ3v) is 3.54. The third-order valence-electron chi connectivity index (χ3n) is 2.40. The summed E-state index contributed by atoms with van der Waals surface area (Å²) in [7, 11) is 1.76. The van der Waals surface area contributed by atoms with Crippen LogP contribution in [-0.4, -0.2) is 24.4 Å². The number of nitrogens with zero attached hydrogens (tertiary/aromatic N) is 1. The van der Waals surface area contributed by atoms with Gasteiger partial charge >= 0.3 is 0 Å². The van der Waals surface area contributed by atoms with Crippen LogP contribution in [-0.2, 0) is 6.42 Å². The summed E-state index contributed by atoms with van der Waals surface area (Å²) < 4.78 is 5.08. The Kier molecular flexibility index (Phi) is 3.86. The Hall–Kier alpha value is -1.26. The van der Waals surface area contributed by atoms with Gasteiger partial charge in [-0.3, -0.25) is 4.79 Å². The Balaban J connectivity index is 1.91. The summed E-state index contributed by atoms with van der Waals surface area (Å²) in [5.41, 5.74) is 0. The van der Waals surface area contributed by atoms with Crippen molar-refractivity contribution < 1.29 is 9.21 Å². The lowest BCUT2D eigenvalue weighted by Gasteiger charge is -2.14. The zero-order valence-corrected chi connectivity index (χ0v) is 10.9. The molecule has 5 heteroatoms. The molecular formula is C12H12ClNO2S. The molecule has 3 nitrogen and oxygen atoms in total. The standard InChI is InChI=1S/C12H12ClNO2S/c1-14(7-6-9-3-2-8-17-9)12(15)10-4-5-11(13)16-10/h2-5,8H,6-7H2,1H3. The number of amides is 1. The molecule has 0 aliphatic heterocycles. The first-order valence-corrected chi connectivity index (χ1v) is 6.46. The second kappa shape index (κ2) is 5.38. The van der Waals surface area contributed by atoms with Crippen LogP contribution >= 0.6 is 22.9 Å². The van der Waals surface area contributed by atoms with E-state index in [1.807, 2.05) is 11.4 Å². The van der Waals surface area contributed by atoms with Crippen molar-refractivity contribution in [2.75, 3.05) is 13.6 Å². The van der Waals surface area contributed by atoms with Crippen molar-refractivity contribution in [2.24, 2.45) is 0 Å². The molecule has 0 radical (unpaired) electrons. The minimum Gasteiger partial charge on any atom is -0.440 e. The molecule has 0 aliphatic rings. The molecule has 0 atom stereocenters. The van der Waals surface area contributed by atoms with E-state index in [0.29, 0.717) is 6.54 Å². The first-order chi connectivity index (χ1) is 8.16. The van der Waals surface area contributed by atoms with Gasteiger partial charge in [0.25, 0.3) is 5.91 Å². The molecule has 90 valence electrons. The minimum absolute atomic E-state index is 0.145. The molecule has 2 aromatic rings. The second-order valence-electron chi connectivity index (χ2n) is 3.66. The zero-order valence-electron chi connectivity index (χ0n) is 9.35. The van der Waals surface area contributed by atoms with Crippen molar-refractivity contribution in [1.82, 2.24) is 4.90 Å². The summed E-state index contributed by atoms with van der Waals surface area (Å²) in [5.74, 6) is 0.136. The Morgan fingerprint density at radius 3 is 2.88 bits per heavy atom. The molecule has 1 amide bonds. The topological polar surface area (TPSA) is 33.5 Å².